The monoisotopic (exact) mass is 252 g/mol. The standard InChI is InChI=1S/C13H20N2O3/c1-3-18-12-5-4-11(6-9(12)2)15-8-10(14)7-13(16)17/h4-6,10,15H,3,7-8,14H2,1-2H3,(H,16,17). The van der Waals surface area contributed by atoms with Crippen LogP contribution in [0.2, 0.25) is 0 Å². The molecule has 0 saturated heterocycles. The average molecular weight is 252 g/mol. The number of hydrogen-bond acceptors (Lipinski definition) is 4. The lowest BCUT2D eigenvalue weighted by Gasteiger charge is -2.13. The Labute approximate surface area is 107 Å². The minimum absolute atomic E-state index is 0.0387. The summed E-state index contributed by atoms with van der Waals surface area (Å²) in [6, 6.07) is 5.35. The molecule has 1 atom stereocenters. The van der Waals surface area contributed by atoms with E-state index in [1.165, 1.54) is 0 Å². The van der Waals surface area contributed by atoms with Gasteiger partial charge in [-0.3, -0.25) is 4.79 Å². The van der Waals surface area contributed by atoms with Crippen molar-refractivity contribution in [1.82, 2.24) is 0 Å². The summed E-state index contributed by atoms with van der Waals surface area (Å²) in [6.07, 6.45) is -0.0387. The van der Waals surface area contributed by atoms with Gasteiger partial charge in [-0.25, -0.2) is 0 Å². The summed E-state index contributed by atoms with van der Waals surface area (Å²) in [5.41, 5.74) is 7.62. The van der Waals surface area contributed by atoms with Gasteiger partial charge < -0.3 is 20.9 Å². The molecule has 1 aromatic rings. The number of hydrogen-bond donors (Lipinski definition) is 3. The summed E-state index contributed by atoms with van der Waals surface area (Å²) in [5.74, 6) is -0.0231. The molecule has 0 bridgehead atoms. The Morgan fingerprint density at radius 3 is 2.83 bits per heavy atom. The number of carboxylic acids is 1. The molecule has 0 amide bonds. The summed E-state index contributed by atoms with van der Waals surface area (Å²) >= 11 is 0. The van der Waals surface area contributed by atoms with Crippen LogP contribution in [-0.4, -0.2) is 30.3 Å². The molecule has 0 saturated carbocycles. The molecule has 1 aromatic carbocycles. The first-order valence-electron chi connectivity index (χ1n) is 5.97. The van der Waals surface area contributed by atoms with Gasteiger partial charge in [0.05, 0.1) is 13.0 Å². The first-order chi connectivity index (χ1) is 8.52. The van der Waals surface area contributed by atoms with Crippen LogP contribution in [-0.2, 0) is 4.79 Å². The molecule has 0 aliphatic carbocycles. The molecule has 0 fully saturated rings. The second-order valence-corrected chi connectivity index (χ2v) is 4.15. The highest BCUT2D eigenvalue weighted by molar-refractivity contribution is 5.67. The Kier molecular flexibility index (Phi) is 5.45. The lowest BCUT2D eigenvalue weighted by Crippen LogP contribution is -2.31. The molecule has 0 heterocycles. The van der Waals surface area contributed by atoms with Crippen molar-refractivity contribution < 1.29 is 14.6 Å². The van der Waals surface area contributed by atoms with Crippen LogP contribution in [0.3, 0.4) is 0 Å². The van der Waals surface area contributed by atoms with E-state index in [1.54, 1.807) is 0 Å². The van der Waals surface area contributed by atoms with Crippen molar-refractivity contribution >= 4 is 11.7 Å². The van der Waals surface area contributed by atoms with E-state index < -0.39 is 12.0 Å². The van der Waals surface area contributed by atoms with Crippen LogP contribution in [0.4, 0.5) is 5.69 Å². The van der Waals surface area contributed by atoms with E-state index in [0.29, 0.717) is 13.2 Å². The molecule has 0 aliphatic rings. The van der Waals surface area contributed by atoms with Crippen LogP contribution in [0.15, 0.2) is 18.2 Å². The van der Waals surface area contributed by atoms with Gasteiger partial charge in [0.15, 0.2) is 0 Å². The highest BCUT2D eigenvalue weighted by atomic mass is 16.5. The first-order valence-corrected chi connectivity index (χ1v) is 5.97. The quantitative estimate of drug-likeness (QED) is 0.686. The number of carboxylic acid groups (broad SMARTS) is 1. The smallest absolute Gasteiger partial charge is 0.304 e. The maximum atomic E-state index is 10.5. The van der Waals surface area contributed by atoms with Gasteiger partial charge in [0.25, 0.3) is 0 Å². The van der Waals surface area contributed by atoms with Crippen LogP contribution in [0.25, 0.3) is 0 Å². The predicted molar refractivity (Wildman–Crippen MR) is 71.1 cm³/mol. The Bertz CT molecular complexity index is 407. The number of aliphatic carboxylic acids is 1. The van der Waals surface area contributed by atoms with E-state index in [1.807, 2.05) is 32.0 Å². The zero-order valence-corrected chi connectivity index (χ0v) is 10.8. The summed E-state index contributed by atoms with van der Waals surface area (Å²) < 4.78 is 5.44. The van der Waals surface area contributed by atoms with Gasteiger partial charge in [0.2, 0.25) is 0 Å². The molecule has 1 unspecified atom stereocenters. The van der Waals surface area contributed by atoms with Crippen LogP contribution in [0.1, 0.15) is 18.9 Å². The van der Waals surface area contributed by atoms with Crippen molar-refractivity contribution in [3.8, 4) is 5.75 Å². The fourth-order valence-corrected chi connectivity index (χ4v) is 1.62. The van der Waals surface area contributed by atoms with Crippen LogP contribution in [0.5, 0.6) is 5.75 Å². The highest BCUT2D eigenvalue weighted by Crippen LogP contribution is 2.21. The summed E-state index contributed by atoms with van der Waals surface area (Å²) in [6.45, 7) is 4.97. The fraction of sp³-hybridized carbons (Fsp3) is 0.462. The number of nitrogens with two attached hydrogens (primary N) is 1. The van der Waals surface area contributed by atoms with Crippen molar-refractivity contribution in [2.75, 3.05) is 18.5 Å². The van der Waals surface area contributed by atoms with E-state index in [-0.39, 0.29) is 6.42 Å². The lowest BCUT2D eigenvalue weighted by molar-refractivity contribution is -0.137. The maximum Gasteiger partial charge on any atom is 0.304 e. The second kappa shape index (κ2) is 6.86. The number of nitrogens with one attached hydrogen (secondary N) is 1. The van der Waals surface area contributed by atoms with Gasteiger partial charge in [-0.15, -0.1) is 0 Å². The molecule has 0 aliphatic heterocycles. The molecule has 0 radical (unpaired) electrons. The Balaban J connectivity index is 2.53. The van der Waals surface area contributed by atoms with E-state index in [4.69, 9.17) is 15.6 Å². The summed E-state index contributed by atoms with van der Waals surface area (Å²) in [4.78, 5) is 10.5. The summed E-state index contributed by atoms with van der Waals surface area (Å²) in [7, 11) is 0. The number of ether oxygens (including phenoxy) is 1. The van der Waals surface area contributed by atoms with E-state index in [9.17, 15) is 4.79 Å². The van der Waals surface area contributed by atoms with E-state index >= 15 is 0 Å². The van der Waals surface area contributed by atoms with Gasteiger partial charge in [-0.2, -0.15) is 0 Å². The third-order valence-electron chi connectivity index (χ3n) is 2.48. The van der Waals surface area contributed by atoms with E-state index in [0.717, 1.165) is 17.0 Å². The van der Waals surface area contributed by atoms with Gasteiger partial charge in [-0.05, 0) is 37.6 Å². The molecule has 0 spiro atoms. The molecular formula is C13H20N2O3. The van der Waals surface area contributed by atoms with E-state index in [2.05, 4.69) is 5.32 Å². The van der Waals surface area contributed by atoms with Crippen molar-refractivity contribution in [2.24, 2.45) is 5.73 Å². The number of carbonyl (C=O) groups is 1. The molecule has 4 N–H and O–H groups in total. The fourth-order valence-electron chi connectivity index (χ4n) is 1.62. The lowest BCUT2D eigenvalue weighted by atomic mass is 10.2. The van der Waals surface area contributed by atoms with Crippen molar-refractivity contribution in [2.45, 2.75) is 26.3 Å². The predicted octanol–water partition coefficient (Wildman–Crippen LogP) is 1.61. The van der Waals surface area contributed by atoms with Gasteiger partial charge in [0.1, 0.15) is 5.75 Å². The number of anilines is 1. The minimum Gasteiger partial charge on any atom is -0.494 e. The molecule has 5 nitrogen and oxygen atoms in total. The molecule has 18 heavy (non-hydrogen) atoms. The zero-order valence-electron chi connectivity index (χ0n) is 10.8. The van der Waals surface area contributed by atoms with Crippen molar-refractivity contribution in [3.63, 3.8) is 0 Å². The molecular weight excluding hydrogens is 232 g/mol. The number of benzene rings is 1. The molecule has 1 rings (SSSR count). The largest absolute Gasteiger partial charge is 0.494 e. The third-order valence-corrected chi connectivity index (χ3v) is 2.48. The maximum absolute atomic E-state index is 10.5. The highest BCUT2D eigenvalue weighted by Gasteiger charge is 2.08. The molecule has 100 valence electrons. The van der Waals surface area contributed by atoms with Crippen LogP contribution < -0.4 is 15.8 Å². The Hall–Kier alpha value is -1.75. The van der Waals surface area contributed by atoms with Gasteiger partial charge in [-0.1, -0.05) is 0 Å². The average Bonchev–Trinajstić information content (AvgIpc) is 2.29. The topological polar surface area (TPSA) is 84.6 Å². The second-order valence-electron chi connectivity index (χ2n) is 4.15. The molecule has 5 heteroatoms. The Morgan fingerprint density at radius 1 is 1.56 bits per heavy atom. The SMILES string of the molecule is CCOc1ccc(NCC(N)CC(=O)O)cc1C. The van der Waals surface area contributed by atoms with Crippen molar-refractivity contribution in [1.29, 1.82) is 0 Å². The number of aryl methyl sites for hydroxylation is 1. The van der Waals surface area contributed by atoms with Gasteiger partial charge in [0, 0.05) is 18.3 Å². The number of rotatable bonds is 7. The third kappa shape index (κ3) is 4.63. The first kappa shape index (κ1) is 14.3. The minimum atomic E-state index is -0.882. The summed E-state index contributed by atoms with van der Waals surface area (Å²) in [5, 5.41) is 11.7. The molecule has 0 aromatic heterocycles. The Morgan fingerprint density at radius 2 is 2.28 bits per heavy atom. The zero-order chi connectivity index (χ0) is 13.5. The van der Waals surface area contributed by atoms with Crippen LogP contribution >= 0.6 is 0 Å². The van der Waals surface area contributed by atoms with Crippen molar-refractivity contribution in [3.05, 3.63) is 23.8 Å². The normalized spacial score (nSPS) is 11.9. The van der Waals surface area contributed by atoms with Crippen LogP contribution in [0, 0.1) is 6.92 Å². The van der Waals surface area contributed by atoms with Gasteiger partial charge >= 0.3 is 5.97 Å².